The number of benzene rings is 2. The van der Waals surface area contributed by atoms with Gasteiger partial charge in [-0.1, -0.05) is 30.3 Å². The van der Waals surface area contributed by atoms with Gasteiger partial charge in [-0.2, -0.15) is 0 Å². The maximum atomic E-state index is 10.8. The van der Waals surface area contributed by atoms with Crippen LogP contribution in [0.5, 0.6) is 0 Å². The summed E-state index contributed by atoms with van der Waals surface area (Å²) < 4.78 is 0. The molecule has 0 heterocycles. The van der Waals surface area contributed by atoms with E-state index in [1.54, 1.807) is 19.1 Å². The Morgan fingerprint density at radius 3 is 2.61 bits per heavy atom. The molecular formula is C17H19N3O2S. The molecule has 0 aliphatic heterocycles. The van der Waals surface area contributed by atoms with Crippen molar-refractivity contribution < 1.29 is 4.92 Å². The van der Waals surface area contributed by atoms with Crippen molar-refractivity contribution in [2.45, 2.75) is 19.8 Å². The number of aryl methyl sites for hydroxylation is 2. The number of rotatable bonds is 6. The van der Waals surface area contributed by atoms with E-state index < -0.39 is 0 Å². The fraction of sp³-hybridized carbons (Fsp3) is 0.235. The summed E-state index contributed by atoms with van der Waals surface area (Å²) in [6.45, 7) is 2.48. The number of nitrogens with one attached hydrogen (secondary N) is 2. The summed E-state index contributed by atoms with van der Waals surface area (Å²) in [7, 11) is 0. The zero-order chi connectivity index (χ0) is 16.7. The molecule has 0 saturated heterocycles. The Hall–Kier alpha value is -2.47. The predicted octanol–water partition coefficient (Wildman–Crippen LogP) is 3.82. The van der Waals surface area contributed by atoms with Gasteiger partial charge in [0.05, 0.1) is 4.92 Å². The van der Waals surface area contributed by atoms with E-state index in [2.05, 4.69) is 22.8 Å². The molecule has 0 unspecified atom stereocenters. The van der Waals surface area contributed by atoms with Crippen molar-refractivity contribution in [1.29, 1.82) is 0 Å². The first-order valence-electron chi connectivity index (χ1n) is 7.40. The van der Waals surface area contributed by atoms with Crippen LogP contribution < -0.4 is 10.6 Å². The molecule has 0 spiro atoms. The Morgan fingerprint density at radius 2 is 1.96 bits per heavy atom. The third kappa shape index (κ3) is 5.34. The van der Waals surface area contributed by atoms with Crippen molar-refractivity contribution in [3.05, 3.63) is 69.8 Å². The smallest absolute Gasteiger partial charge is 0.272 e. The van der Waals surface area contributed by atoms with Gasteiger partial charge in [0.25, 0.3) is 5.69 Å². The Morgan fingerprint density at radius 1 is 1.22 bits per heavy atom. The second-order valence-corrected chi connectivity index (χ2v) is 5.64. The third-order valence-corrected chi connectivity index (χ3v) is 3.67. The van der Waals surface area contributed by atoms with Gasteiger partial charge in [0.1, 0.15) is 0 Å². The maximum absolute atomic E-state index is 10.8. The van der Waals surface area contributed by atoms with Gasteiger partial charge >= 0.3 is 0 Å². The molecule has 120 valence electrons. The van der Waals surface area contributed by atoms with Crippen molar-refractivity contribution >= 4 is 28.7 Å². The van der Waals surface area contributed by atoms with E-state index in [1.807, 2.05) is 18.2 Å². The Bertz CT molecular complexity index is 689. The van der Waals surface area contributed by atoms with E-state index in [0.29, 0.717) is 10.7 Å². The second-order valence-electron chi connectivity index (χ2n) is 5.23. The largest absolute Gasteiger partial charge is 0.362 e. The lowest BCUT2D eigenvalue weighted by atomic mass is 10.1. The van der Waals surface area contributed by atoms with Gasteiger partial charge in [-0.3, -0.25) is 10.1 Å². The first kappa shape index (κ1) is 16.9. The Balaban J connectivity index is 1.76. The SMILES string of the molecule is Cc1cc(NC(=S)NCCCc2ccccc2)ccc1[N+](=O)[O-]. The first-order valence-corrected chi connectivity index (χ1v) is 7.81. The number of nitro groups is 1. The van der Waals surface area contributed by atoms with Crippen LogP contribution in [0.15, 0.2) is 48.5 Å². The quantitative estimate of drug-likeness (QED) is 0.365. The van der Waals surface area contributed by atoms with Crippen molar-refractivity contribution in [3.63, 3.8) is 0 Å². The molecule has 2 aromatic rings. The van der Waals surface area contributed by atoms with E-state index in [1.165, 1.54) is 11.6 Å². The lowest BCUT2D eigenvalue weighted by molar-refractivity contribution is -0.385. The molecule has 2 rings (SSSR count). The Kier molecular flexibility index (Phi) is 6.05. The molecule has 0 saturated carbocycles. The summed E-state index contributed by atoms with van der Waals surface area (Å²) in [6.07, 6.45) is 1.97. The summed E-state index contributed by atoms with van der Waals surface area (Å²) in [5.41, 5.74) is 2.76. The minimum absolute atomic E-state index is 0.109. The summed E-state index contributed by atoms with van der Waals surface area (Å²) in [5.74, 6) is 0. The molecule has 0 fully saturated rings. The standard InChI is InChI=1S/C17H19N3O2S/c1-13-12-15(9-10-16(13)20(21)22)19-17(23)18-11-5-8-14-6-3-2-4-7-14/h2-4,6-7,9-10,12H,5,8,11H2,1H3,(H2,18,19,23). The maximum Gasteiger partial charge on any atom is 0.272 e. The molecule has 23 heavy (non-hydrogen) atoms. The molecule has 0 bridgehead atoms. The van der Waals surface area contributed by atoms with Crippen LogP contribution in [0, 0.1) is 17.0 Å². The van der Waals surface area contributed by atoms with E-state index in [9.17, 15) is 10.1 Å². The van der Waals surface area contributed by atoms with Gasteiger partial charge < -0.3 is 10.6 Å². The topological polar surface area (TPSA) is 67.2 Å². The highest BCUT2D eigenvalue weighted by molar-refractivity contribution is 7.80. The van der Waals surface area contributed by atoms with Crippen LogP contribution in [-0.2, 0) is 6.42 Å². The highest BCUT2D eigenvalue weighted by atomic mass is 32.1. The number of hydrogen-bond acceptors (Lipinski definition) is 3. The van der Waals surface area contributed by atoms with Gasteiger partial charge in [-0.15, -0.1) is 0 Å². The van der Waals surface area contributed by atoms with Crippen LogP contribution >= 0.6 is 12.2 Å². The second kappa shape index (κ2) is 8.24. The minimum atomic E-state index is -0.390. The van der Waals surface area contributed by atoms with Crippen LogP contribution in [-0.4, -0.2) is 16.6 Å². The van der Waals surface area contributed by atoms with Crippen molar-refractivity contribution in [1.82, 2.24) is 5.32 Å². The number of hydrogen-bond donors (Lipinski definition) is 2. The third-order valence-electron chi connectivity index (χ3n) is 3.42. The van der Waals surface area contributed by atoms with Gasteiger partial charge in [0, 0.05) is 23.9 Å². The van der Waals surface area contributed by atoms with E-state index in [0.717, 1.165) is 25.1 Å². The van der Waals surface area contributed by atoms with Gasteiger partial charge in [-0.25, -0.2) is 0 Å². The minimum Gasteiger partial charge on any atom is -0.362 e. The lowest BCUT2D eigenvalue weighted by Gasteiger charge is -2.11. The van der Waals surface area contributed by atoms with Crippen molar-refractivity contribution in [2.75, 3.05) is 11.9 Å². The molecule has 6 heteroatoms. The van der Waals surface area contributed by atoms with Crippen LogP contribution in [0.25, 0.3) is 0 Å². The van der Waals surface area contributed by atoms with Crippen LogP contribution in [0.2, 0.25) is 0 Å². The number of nitrogens with zero attached hydrogens (tertiary/aromatic N) is 1. The average Bonchev–Trinajstić information content (AvgIpc) is 2.52. The predicted molar refractivity (Wildman–Crippen MR) is 96.8 cm³/mol. The molecule has 2 aromatic carbocycles. The molecule has 0 aromatic heterocycles. The molecule has 2 N–H and O–H groups in total. The summed E-state index contributed by atoms with van der Waals surface area (Å²) in [6, 6.07) is 15.1. The number of anilines is 1. The first-order chi connectivity index (χ1) is 11.1. The molecule has 0 aliphatic carbocycles. The molecule has 0 radical (unpaired) electrons. The van der Waals surface area contributed by atoms with Crippen LogP contribution in [0.4, 0.5) is 11.4 Å². The van der Waals surface area contributed by atoms with Crippen LogP contribution in [0.1, 0.15) is 17.5 Å². The molecule has 0 amide bonds. The van der Waals surface area contributed by atoms with Gasteiger partial charge in [0.2, 0.25) is 0 Å². The number of thiocarbonyl (C=S) groups is 1. The van der Waals surface area contributed by atoms with Gasteiger partial charge in [0.15, 0.2) is 5.11 Å². The van der Waals surface area contributed by atoms with Crippen molar-refractivity contribution in [3.8, 4) is 0 Å². The monoisotopic (exact) mass is 329 g/mol. The molecule has 5 nitrogen and oxygen atoms in total. The Labute approximate surface area is 140 Å². The summed E-state index contributed by atoms with van der Waals surface area (Å²) >= 11 is 5.24. The highest BCUT2D eigenvalue weighted by Crippen LogP contribution is 2.21. The zero-order valence-electron chi connectivity index (χ0n) is 12.9. The summed E-state index contributed by atoms with van der Waals surface area (Å²) in [4.78, 5) is 10.4. The highest BCUT2D eigenvalue weighted by Gasteiger charge is 2.10. The van der Waals surface area contributed by atoms with E-state index in [-0.39, 0.29) is 10.6 Å². The van der Waals surface area contributed by atoms with Crippen molar-refractivity contribution in [2.24, 2.45) is 0 Å². The zero-order valence-corrected chi connectivity index (χ0v) is 13.7. The van der Waals surface area contributed by atoms with Gasteiger partial charge in [-0.05, 0) is 49.7 Å². The fourth-order valence-corrected chi connectivity index (χ4v) is 2.47. The molecular weight excluding hydrogens is 310 g/mol. The van der Waals surface area contributed by atoms with Crippen LogP contribution in [0.3, 0.4) is 0 Å². The van der Waals surface area contributed by atoms with E-state index in [4.69, 9.17) is 12.2 Å². The molecule has 0 atom stereocenters. The summed E-state index contributed by atoms with van der Waals surface area (Å²) in [5, 5.41) is 17.5. The van der Waals surface area contributed by atoms with E-state index >= 15 is 0 Å². The molecule has 0 aliphatic rings. The average molecular weight is 329 g/mol. The fourth-order valence-electron chi connectivity index (χ4n) is 2.25. The number of nitro benzene ring substituents is 1. The lowest BCUT2D eigenvalue weighted by Crippen LogP contribution is -2.29. The normalized spacial score (nSPS) is 10.1.